The summed E-state index contributed by atoms with van der Waals surface area (Å²) in [4.78, 5) is 57.2. The molecule has 2 rings (SSSR count). The summed E-state index contributed by atoms with van der Waals surface area (Å²) in [6.07, 6.45) is 3.81. The Morgan fingerprint density at radius 2 is 1.70 bits per heavy atom. The minimum atomic E-state index is -1.38. The monoisotopic (exact) mass is 534 g/mol. The first-order chi connectivity index (χ1) is 17.6. The number of aliphatic hydroxyl groups is 1. The summed E-state index contributed by atoms with van der Waals surface area (Å²) < 4.78 is 0. The smallest absolute Gasteiger partial charge is 0.326 e. The molecule has 13 heteroatoms. The van der Waals surface area contributed by atoms with Gasteiger partial charge in [-0.1, -0.05) is 30.3 Å². The molecule has 37 heavy (non-hydrogen) atoms. The molecule has 0 spiro atoms. The van der Waals surface area contributed by atoms with Crippen LogP contribution in [0.4, 0.5) is 0 Å². The summed E-state index contributed by atoms with van der Waals surface area (Å²) >= 11 is 1.52. The molecule has 0 fully saturated rings. The molecular weight excluding hydrogens is 500 g/mol. The number of thioether (sulfide) groups is 1. The van der Waals surface area contributed by atoms with Crippen molar-refractivity contribution >= 4 is 35.5 Å². The Kier molecular flexibility index (Phi) is 12.1. The second-order valence-corrected chi connectivity index (χ2v) is 9.53. The SMILES string of the molecule is CSCCC(N)C(=O)NC(C(=O)NC(Cc1cnc[nH]1)C(=O)NC(Cc1ccccc1)C(=O)O)C(C)O. The van der Waals surface area contributed by atoms with E-state index in [1.165, 1.54) is 31.2 Å². The molecule has 0 aliphatic heterocycles. The Morgan fingerprint density at radius 3 is 2.27 bits per heavy atom. The van der Waals surface area contributed by atoms with Crippen LogP contribution < -0.4 is 21.7 Å². The molecule has 202 valence electrons. The Balaban J connectivity index is 2.17. The van der Waals surface area contributed by atoms with Crippen molar-refractivity contribution in [2.45, 2.75) is 56.5 Å². The van der Waals surface area contributed by atoms with E-state index < -0.39 is 54.0 Å². The molecule has 0 aliphatic carbocycles. The van der Waals surface area contributed by atoms with Crippen molar-refractivity contribution in [2.75, 3.05) is 12.0 Å². The van der Waals surface area contributed by atoms with E-state index in [1.54, 1.807) is 30.3 Å². The van der Waals surface area contributed by atoms with Gasteiger partial charge < -0.3 is 36.9 Å². The average molecular weight is 535 g/mol. The van der Waals surface area contributed by atoms with Crippen molar-refractivity contribution in [3.63, 3.8) is 0 Å². The van der Waals surface area contributed by atoms with Gasteiger partial charge in [0.2, 0.25) is 17.7 Å². The number of amides is 3. The number of nitrogens with one attached hydrogen (secondary N) is 4. The molecule has 8 N–H and O–H groups in total. The Labute approximate surface area is 219 Å². The third-order valence-electron chi connectivity index (χ3n) is 5.54. The van der Waals surface area contributed by atoms with E-state index >= 15 is 0 Å². The summed E-state index contributed by atoms with van der Waals surface area (Å²) in [6, 6.07) is 4.05. The molecule has 5 unspecified atom stereocenters. The molecule has 0 radical (unpaired) electrons. The second kappa shape index (κ2) is 15.0. The molecule has 1 aromatic carbocycles. The van der Waals surface area contributed by atoms with Crippen molar-refractivity contribution in [3.05, 3.63) is 54.1 Å². The van der Waals surface area contributed by atoms with Crippen LogP contribution >= 0.6 is 11.8 Å². The van der Waals surface area contributed by atoms with Gasteiger partial charge in [-0.05, 0) is 30.9 Å². The molecule has 5 atom stereocenters. The molecular formula is C24H34N6O6S. The van der Waals surface area contributed by atoms with E-state index in [0.717, 1.165) is 0 Å². The number of carboxylic acid groups (broad SMARTS) is 1. The molecule has 0 saturated heterocycles. The van der Waals surface area contributed by atoms with E-state index in [1.807, 2.05) is 6.26 Å². The molecule has 2 aromatic rings. The maximum absolute atomic E-state index is 13.2. The largest absolute Gasteiger partial charge is 0.480 e. The Morgan fingerprint density at radius 1 is 1.03 bits per heavy atom. The van der Waals surface area contributed by atoms with Crippen LogP contribution in [0.15, 0.2) is 42.9 Å². The van der Waals surface area contributed by atoms with Gasteiger partial charge in [0.15, 0.2) is 0 Å². The normalized spacial score (nSPS) is 15.0. The van der Waals surface area contributed by atoms with Gasteiger partial charge >= 0.3 is 5.97 Å². The van der Waals surface area contributed by atoms with Crippen molar-refractivity contribution in [1.29, 1.82) is 0 Å². The number of carbonyl (C=O) groups excluding carboxylic acids is 3. The number of aliphatic hydroxyl groups excluding tert-OH is 1. The average Bonchev–Trinajstić information content (AvgIpc) is 3.38. The first-order valence-corrected chi connectivity index (χ1v) is 13.1. The van der Waals surface area contributed by atoms with Gasteiger partial charge in [-0.2, -0.15) is 11.8 Å². The van der Waals surface area contributed by atoms with E-state index in [4.69, 9.17) is 5.73 Å². The second-order valence-electron chi connectivity index (χ2n) is 8.55. The number of benzene rings is 1. The van der Waals surface area contributed by atoms with Crippen LogP contribution in [-0.4, -0.2) is 86.2 Å². The third-order valence-corrected chi connectivity index (χ3v) is 6.19. The van der Waals surface area contributed by atoms with Crippen LogP contribution in [0.5, 0.6) is 0 Å². The van der Waals surface area contributed by atoms with E-state index in [0.29, 0.717) is 23.4 Å². The molecule has 0 saturated carbocycles. The quantitative estimate of drug-likeness (QED) is 0.153. The minimum Gasteiger partial charge on any atom is -0.480 e. The molecule has 3 amide bonds. The van der Waals surface area contributed by atoms with Crippen molar-refractivity contribution in [2.24, 2.45) is 5.73 Å². The number of H-pyrrole nitrogens is 1. The highest BCUT2D eigenvalue weighted by Gasteiger charge is 2.32. The number of hydrogen-bond donors (Lipinski definition) is 7. The predicted octanol–water partition coefficient (Wildman–Crippen LogP) is -0.805. The van der Waals surface area contributed by atoms with Gasteiger partial charge in [-0.15, -0.1) is 0 Å². The summed E-state index contributed by atoms with van der Waals surface area (Å²) in [5.74, 6) is -2.79. The third kappa shape index (κ3) is 9.86. The Hall–Kier alpha value is -3.42. The van der Waals surface area contributed by atoms with Crippen LogP contribution in [0.2, 0.25) is 0 Å². The summed E-state index contributed by atoms with van der Waals surface area (Å²) in [7, 11) is 0. The molecule has 1 heterocycles. The van der Waals surface area contributed by atoms with Crippen molar-refractivity contribution < 1.29 is 29.4 Å². The number of aromatic nitrogens is 2. The highest BCUT2D eigenvalue weighted by Crippen LogP contribution is 2.07. The summed E-state index contributed by atoms with van der Waals surface area (Å²) in [6.45, 7) is 1.32. The van der Waals surface area contributed by atoms with Gasteiger partial charge in [0.05, 0.1) is 18.5 Å². The lowest BCUT2D eigenvalue weighted by molar-refractivity contribution is -0.142. The fraction of sp³-hybridized carbons (Fsp3) is 0.458. The van der Waals surface area contributed by atoms with E-state index in [9.17, 15) is 29.4 Å². The van der Waals surface area contributed by atoms with Gasteiger partial charge in [-0.25, -0.2) is 9.78 Å². The first-order valence-electron chi connectivity index (χ1n) is 11.7. The summed E-state index contributed by atoms with van der Waals surface area (Å²) in [5, 5.41) is 27.3. The molecule has 12 nitrogen and oxygen atoms in total. The highest BCUT2D eigenvalue weighted by atomic mass is 32.2. The van der Waals surface area contributed by atoms with Gasteiger partial charge in [0, 0.05) is 24.7 Å². The summed E-state index contributed by atoms with van der Waals surface area (Å²) in [5.41, 5.74) is 7.08. The number of rotatable bonds is 15. The molecule has 0 aliphatic rings. The number of hydrogen-bond acceptors (Lipinski definition) is 8. The number of nitrogens with two attached hydrogens (primary N) is 1. The fourth-order valence-corrected chi connectivity index (χ4v) is 3.94. The zero-order chi connectivity index (χ0) is 27.4. The number of carbonyl (C=O) groups is 4. The lowest BCUT2D eigenvalue weighted by Gasteiger charge is -2.26. The number of aromatic amines is 1. The van der Waals surface area contributed by atoms with E-state index in [-0.39, 0.29) is 12.8 Å². The lowest BCUT2D eigenvalue weighted by Crippen LogP contribution is -2.60. The van der Waals surface area contributed by atoms with Crippen LogP contribution in [0.25, 0.3) is 0 Å². The zero-order valence-electron chi connectivity index (χ0n) is 20.7. The maximum Gasteiger partial charge on any atom is 0.326 e. The number of imidazole rings is 1. The van der Waals surface area contributed by atoms with Crippen LogP contribution in [0, 0.1) is 0 Å². The van der Waals surface area contributed by atoms with Crippen molar-refractivity contribution in [3.8, 4) is 0 Å². The number of nitrogens with zero attached hydrogens (tertiary/aromatic N) is 1. The maximum atomic E-state index is 13.2. The van der Waals surface area contributed by atoms with Gasteiger partial charge in [0.1, 0.15) is 18.1 Å². The van der Waals surface area contributed by atoms with E-state index in [2.05, 4.69) is 25.9 Å². The van der Waals surface area contributed by atoms with Crippen LogP contribution in [-0.2, 0) is 32.0 Å². The van der Waals surface area contributed by atoms with Gasteiger partial charge in [-0.3, -0.25) is 14.4 Å². The number of aliphatic carboxylic acids is 1. The highest BCUT2D eigenvalue weighted by molar-refractivity contribution is 7.98. The first kappa shape index (κ1) is 29.8. The standard InChI is InChI=1S/C24H34N6O6S/c1-14(31)20(30-21(32)17(25)8-9-37-2)23(34)28-18(11-16-12-26-13-27-16)22(33)29-19(24(35)36)10-15-6-4-3-5-7-15/h3-7,12-14,17-20,31H,8-11,25H2,1-2H3,(H,26,27)(H,28,34)(H,29,33)(H,30,32)(H,35,36). The molecule has 0 bridgehead atoms. The number of carboxylic acids is 1. The fourth-order valence-electron chi connectivity index (χ4n) is 3.45. The molecule has 1 aromatic heterocycles. The lowest BCUT2D eigenvalue weighted by atomic mass is 10.0. The Bertz CT molecular complexity index is 1020. The predicted molar refractivity (Wildman–Crippen MR) is 139 cm³/mol. The zero-order valence-corrected chi connectivity index (χ0v) is 21.5. The minimum absolute atomic E-state index is 0.0347. The van der Waals surface area contributed by atoms with Crippen LogP contribution in [0.1, 0.15) is 24.6 Å². The van der Waals surface area contributed by atoms with Crippen LogP contribution in [0.3, 0.4) is 0 Å². The van der Waals surface area contributed by atoms with Crippen molar-refractivity contribution in [1.82, 2.24) is 25.9 Å². The van der Waals surface area contributed by atoms with Gasteiger partial charge in [0.25, 0.3) is 0 Å². The topological polar surface area (TPSA) is 200 Å².